The highest BCUT2D eigenvalue weighted by Gasteiger charge is 2.17. The van der Waals surface area contributed by atoms with Crippen molar-refractivity contribution in [1.82, 2.24) is 5.32 Å². The maximum absolute atomic E-state index is 12.2. The molecule has 1 amide bonds. The smallest absolute Gasteiger partial charge is 0.387 e. The quantitative estimate of drug-likeness (QED) is 0.818. The van der Waals surface area contributed by atoms with Crippen molar-refractivity contribution in [3.63, 3.8) is 0 Å². The van der Waals surface area contributed by atoms with E-state index in [1.807, 2.05) is 30.3 Å². The third kappa shape index (κ3) is 5.31. The molecule has 3 N–H and O–H groups in total. The van der Waals surface area contributed by atoms with Gasteiger partial charge in [0, 0.05) is 0 Å². The third-order valence-electron chi connectivity index (χ3n) is 3.60. The van der Waals surface area contributed by atoms with Crippen LogP contribution in [-0.4, -0.2) is 18.6 Å². The fourth-order valence-corrected chi connectivity index (χ4v) is 2.30. The number of hydrogen-bond acceptors (Lipinski definition) is 3. The number of rotatable bonds is 7. The standard InChI is InChI=1S/C18H20F2N2O2/c1-12(14-7-9-15(10-8-14)24-18(19)20)22-17(23)16(21)11-13-5-3-2-4-6-13/h2-10,12,16,18H,11,21H2,1H3,(H,22,23). The summed E-state index contributed by atoms with van der Waals surface area (Å²) in [6, 6.07) is 14.7. The Morgan fingerprint density at radius 3 is 2.33 bits per heavy atom. The van der Waals surface area contributed by atoms with E-state index in [1.165, 1.54) is 12.1 Å². The summed E-state index contributed by atoms with van der Waals surface area (Å²) in [6.45, 7) is -1.06. The minimum Gasteiger partial charge on any atom is -0.435 e. The zero-order valence-corrected chi connectivity index (χ0v) is 13.3. The molecule has 0 saturated carbocycles. The van der Waals surface area contributed by atoms with Crippen molar-refractivity contribution < 1.29 is 18.3 Å². The van der Waals surface area contributed by atoms with Gasteiger partial charge in [-0.05, 0) is 36.6 Å². The zero-order chi connectivity index (χ0) is 17.5. The molecule has 0 radical (unpaired) electrons. The molecule has 0 aliphatic heterocycles. The van der Waals surface area contributed by atoms with Gasteiger partial charge in [-0.15, -0.1) is 0 Å². The van der Waals surface area contributed by atoms with Crippen molar-refractivity contribution in [1.29, 1.82) is 0 Å². The SMILES string of the molecule is CC(NC(=O)C(N)Cc1ccccc1)c1ccc(OC(F)F)cc1. The summed E-state index contributed by atoms with van der Waals surface area (Å²) in [5.41, 5.74) is 7.70. The van der Waals surface area contributed by atoms with Crippen LogP contribution < -0.4 is 15.8 Å². The minimum atomic E-state index is -2.86. The van der Waals surface area contributed by atoms with Crippen LogP contribution in [0.15, 0.2) is 54.6 Å². The lowest BCUT2D eigenvalue weighted by molar-refractivity contribution is -0.123. The molecule has 2 unspecified atom stereocenters. The van der Waals surface area contributed by atoms with Crippen molar-refractivity contribution in [3.05, 3.63) is 65.7 Å². The highest BCUT2D eigenvalue weighted by molar-refractivity contribution is 5.82. The van der Waals surface area contributed by atoms with Gasteiger partial charge in [0.2, 0.25) is 5.91 Å². The van der Waals surface area contributed by atoms with Crippen molar-refractivity contribution in [2.45, 2.75) is 32.0 Å². The second kappa shape index (κ2) is 8.40. The number of carbonyl (C=O) groups is 1. The van der Waals surface area contributed by atoms with Crippen LogP contribution in [-0.2, 0) is 11.2 Å². The van der Waals surface area contributed by atoms with Gasteiger partial charge in [0.25, 0.3) is 0 Å². The molecule has 0 saturated heterocycles. The van der Waals surface area contributed by atoms with Crippen molar-refractivity contribution >= 4 is 5.91 Å². The van der Waals surface area contributed by atoms with E-state index in [2.05, 4.69) is 10.1 Å². The first-order valence-corrected chi connectivity index (χ1v) is 7.60. The Hall–Kier alpha value is -2.47. The van der Waals surface area contributed by atoms with Crippen LogP contribution in [0.4, 0.5) is 8.78 Å². The first kappa shape index (κ1) is 17.9. The molecule has 0 aliphatic carbocycles. The van der Waals surface area contributed by atoms with Gasteiger partial charge >= 0.3 is 6.61 Å². The van der Waals surface area contributed by atoms with Gasteiger partial charge in [-0.1, -0.05) is 42.5 Å². The van der Waals surface area contributed by atoms with Crippen LogP contribution in [0, 0.1) is 0 Å². The number of amides is 1. The van der Waals surface area contributed by atoms with E-state index in [0.717, 1.165) is 11.1 Å². The number of carbonyl (C=O) groups excluding carboxylic acids is 1. The second-order valence-corrected chi connectivity index (χ2v) is 5.47. The van der Waals surface area contributed by atoms with Gasteiger partial charge in [0.1, 0.15) is 5.75 Å². The predicted molar refractivity (Wildman–Crippen MR) is 87.8 cm³/mol. The van der Waals surface area contributed by atoms with Gasteiger partial charge in [-0.2, -0.15) is 8.78 Å². The number of halogens is 2. The van der Waals surface area contributed by atoms with E-state index in [-0.39, 0.29) is 17.7 Å². The van der Waals surface area contributed by atoms with Gasteiger partial charge in [0.05, 0.1) is 12.1 Å². The number of ether oxygens (including phenoxy) is 1. The lowest BCUT2D eigenvalue weighted by Crippen LogP contribution is -2.42. The van der Waals surface area contributed by atoms with E-state index >= 15 is 0 Å². The largest absolute Gasteiger partial charge is 0.435 e. The lowest BCUT2D eigenvalue weighted by Gasteiger charge is -2.18. The fourth-order valence-electron chi connectivity index (χ4n) is 2.30. The molecule has 6 heteroatoms. The average molecular weight is 334 g/mol. The number of alkyl halides is 2. The van der Waals surface area contributed by atoms with Crippen LogP contribution >= 0.6 is 0 Å². The Kier molecular flexibility index (Phi) is 6.26. The molecule has 0 heterocycles. The molecule has 24 heavy (non-hydrogen) atoms. The summed E-state index contributed by atoms with van der Waals surface area (Å²) in [6.07, 6.45) is 0.445. The molecule has 2 atom stereocenters. The first-order chi connectivity index (χ1) is 11.5. The van der Waals surface area contributed by atoms with Crippen LogP contribution in [0.25, 0.3) is 0 Å². The summed E-state index contributed by atoms with van der Waals surface area (Å²) in [5, 5.41) is 2.82. The van der Waals surface area contributed by atoms with E-state index in [1.54, 1.807) is 19.1 Å². The van der Waals surface area contributed by atoms with Crippen LogP contribution in [0.5, 0.6) is 5.75 Å². The average Bonchev–Trinajstić information content (AvgIpc) is 2.55. The molecular formula is C18H20F2N2O2. The maximum atomic E-state index is 12.2. The number of benzene rings is 2. The van der Waals surface area contributed by atoms with Gasteiger partial charge in [-0.3, -0.25) is 4.79 Å². The molecule has 2 aromatic carbocycles. The topological polar surface area (TPSA) is 64.4 Å². The highest BCUT2D eigenvalue weighted by Crippen LogP contribution is 2.19. The van der Waals surface area contributed by atoms with E-state index < -0.39 is 12.7 Å². The van der Waals surface area contributed by atoms with Crippen LogP contribution in [0.3, 0.4) is 0 Å². The molecule has 0 bridgehead atoms. The molecule has 128 valence electrons. The van der Waals surface area contributed by atoms with E-state index in [4.69, 9.17) is 5.73 Å². The van der Waals surface area contributed by atoms with E-state index in [9.17, 15) is 13.6 Å². The van der Waals surface area contributed by atoms with Crippen LogP contribution in [0.1, 0.15) is 24.1 Å². The van der Waals surface area contributed by atoms with Crippen LogP contribution in [0.2, 0.25) is 0 Å². The highest BCUT2D eigenvalue weighted by atomic mass is 19.3. The molecular weight excluding hydrogens is 314 g/mol. The van der Waals surface area contributed by atoms with E-state index in [0.29, 0.717) is 6.42 Å². The Balaban J connectivity index is 1.90. The van der Waals surface area contributed by atoms with Gasteiger partial charge in [-0.25, -0.2) is 0 Å². The number of nitrogens with one attached hydrogen (secondary N) is 1. The minimum absolute atomic E-state index is 0.0769. The Morgan fingerprint density at radius 2 is 1.75 bits per heavy atom. The summed E-state index contributed by atoms with van der Waals surface area (Å²) in [7, 11) is 0. The number of hydrogen-bond donors (Lipinski definition) is 2. The van der Waals surface area contributed by atoms with Crippen molar-refractivity contribution in [2.75, 3.05) is 0 Å². The summed E-state index contributed by atoms with van der Waals surface area (Å²) in [4.78, 5) is 12.2. The molecule has 0 aliphatic rings. The maximum Gasteiger partial charge on any atom is 0.387 e. The Labute approximate surface area is 139 Å². The van der Waals surface area contributed by atoms with Gasteiger partial charge < -0.3 is 15.8 Å². The molecule has 2 aromatic rings. The normalized spacial score (nSPS) is 13.4. The molecule has 0 fully saturated rings. The lowest BCUT2D eigenvalue weighted by atomic mass is 10.0. The molecule has 0 aromatic heterocycles. The Bertz CT molecular complexity index is 648. The molecule has 0 spiro atoms. The Morgan fingerprint density at radius 1 is 1.12 bits per heavy atom. The van der Waals surface area contributed by atoms with Crippen molar-refractivity contribution in [3.8, 4) is 5.75 Å². The molecule has 4 nitrogen and oxygen atoms in total. The number of nitrogens with two attached hydrogens (primary N) is 1. The first-order valence-electron chi connectivity index (χ1n) is 7.60. The second-order valence-electron chi connectivity index (χ2n) is 5.47. The van der Waals surface area contributed by atoms with Gasteiger partial charge in [0.15, 0.2) is 0 Å². The fraction of sp³-hybridized carbons (Fsp3) is 0.278. The third-order valence-corrected chi connectivity index (χ3v) is 3.60. The summed E-state index contributed by atoms with van der Waals surface area (Å²) >= 11 is 0. The predicted octanol–water partition coefficient (Wildman–Crippen LogP) is 3.04. The van der Waals surface area contributed by atoms with Crippen molar-refractivity contribution in [2.24, 2.45) is 5.73 Å². The summed E-state index contributed by atoms with van der Waals surface area (Å²) < 4.78 is 28.5. The summed E-state index contributed by atoms with van der Waals surface area (Å²) in [5.74, 6) is -0.188. The molecule has 2 rings (SSSR count). The monoisotopic (exact) mass is 334 g/mol. The zero-order valence-electron chi connectivity index (χ0n) is 13.3.